The number of benzene rings is 4. The summed E-state index contributed by atoms with van der Waals surface area (Å²) >= 11 is 0. The monoisotopic (exact) mass is 1380 g/mol. The average molecular weight is 1390 g/mol. The van der Waals surface area contributed by atoms with Gasteiger partial charge in [-0.15, -0.1) is 0 Å². The molecule has 536 valence electrons. The first-order valence-electron chi connectivity index (χ1n) is 37.2. The van der Waals surface area contributed by atoms with E-state index in [4.69, 9.17) is 17.7 Å². The predicted octanol–water partition coefficient (Wildman–Crippen LogP) is 24.6. The quantitative estimate of drug-likeness (QED) is 0.0806. The zero-order valence-corrected chi connectivity index (χ0v) is 69.5. The maximum Gasteiger partial charge on any atom is 0.193 e. The van der Waals surface area contributed by atoms with Crippen LogP contribution in [-0.2, 0) is 36.9 Å². The lowest BCUT2D eigenvalue weighted by molar-refractivity contribution is -0.132. The van der Waals surface area contributed by atoms with Crippen molar-refractivity contribution in [3.63, 3.8) is 0 Å². The van der Waals surface area contributed by atoms with Crippen LogP contribution in [0.2, 0.25) is 72.5 Å². The summed E-state index contributed by atoms with van der Waals surface area (Å²) in [4.78, 5) is 50.8. The Morgan fingerprint density at radius 1 is 0.344 bits per heavy atom. The van der Waals surface area contributed by atoms with Crippen molar-refractivity contribution in [3.8, 4) is 0 Å². The fourth-order valence-electron chi connectivity index (χ4n) is 13.5. The van der Waals surface area contributed by atoms with E-state index in [1.54, 1.807) is 0 Å². The highest BCUT2D eigenvalue weighted by atomic mass is 28.4. The highest BCUT2D eigenvalue weighted by molar-refractivity contribution is 6.75. The first-order chi connectivity index (χ1) is 44.2. The van der Waals surface area contributed by atoms with Crippen molar-refractivity contribution in [1.29, 1.82) is 0 Å². The minimum Gasteiger partial charge on any atom is -0.409 e. The molecule has 4 aromatic carbocycles. The minimum atomic E-state index is -2.05. The summed E-state index contributed by atoms with van der Waals surface area (Å²) in [5, 5.41) is 0.565. The van der Waals surface area contributed by atoms with Crippen molar-refractivity contribution >= 4 is 56.4 Å². The van der Waals surface area contributed by atoms with Crippen LogP contribution >= 0.6 is 0 Å². The molecule has 8 rings (SSSR count). The molecule has 4 aromatic rings. The molecule has 0 aromatic heterocycles. The van der Waals surface area contributed by atoms with Crippen LogP contribution in [0.3, 0.4) is 0 Å². The predicted molar refractivity (Wildman–Crippen MR) is 414 cm³/mol. The second-order valence-electron chi connectivity index (χ2n) is 36.6. The van der Waals surface area contributed by atoms with Gasteiger partial charge in [0.2, 0.25) is 0 Å². The van der Waals surface area contributed by atoms with Crippen molar-refractivity contribution in [2.45, 2.75) is 311 Å². The van der Waals surface area contributed by atoms with Gasteiger partial charge in [-0.3, -0.25) is 19.2 Å². The van der Waals surface area contributed by atoms with E-state index in [9.17, 15) is 19.2 Å². The SMILES string of the molecule is CC(C)(C)[Si](C)(C)OC(c1ccccc1)C1CCCCC1=O.CC(C)C(C)(C)[Si](C)(C)OC(c1ccccc1)C1CC(C)(C)CCC1=O.CC(C)C(C)(C)[Si](C)(C)OC(c1ccccc1)C1CCCCC1=O.CC1(C)CCC(=O)C(C(O[Si](C)(C)C(C)(C)C)c2ccccc2)C1. The molecule has 8 atom stereocenters. The van der Waals surface area contributed by atoms with Gasteiger partial charge in [-0.2, -0.15) is 0 Å². The van der Waals surface area contributed by atoms with E-state index < -0.39 is 33.3 Å². The third-order valence-electron chi connectivity index (χ3n) is 24.9. The lowest BCUT2D eigenvalue weighted by Gasteiger charge is -2.47. The standard InChI is InChI=1S/C23H38O2Si.2C21H34O2Si.C19H30O2Si/c1-17(2)23(5,6)26(7,8)25-21(18-12-10-9-11-13-18)19-16-22(3,4)15-14-20(19)24;1-20(2,3)24(6,7)23-19(16-11-9-8-10-12-16)17-15-21(4,5)14-13-18(17)22;1-16(2)21(3,4)24(5,6)23-20(17-12-8-7-9-13-17)18-14-10-11-15-19(18)22;1-19(2,3)22(4,5)21-18(15-11-7-6-8-12-15)16-13-9-10-14-17(16)20/h9-13,17,19,21H,14-16H2,1-8H3;8-12,17,19H,13-15H2,1-7H3;7-9,12-13,16,18,20H,10-11,14-15H2,1-6H3;6-8,11-12,16,18H,9-10,13-14H2,1-5H3. The number of ketones is 4. The second-order valence-corrected chi connectivity index (χ2v) is 55.2. The molecule has 0 N–H and O–H groups in total. The number of Topliss-reactive ketones (excluding diaryl/α,β-unsaturated/α-hetero) is 4. The normalized spacial score (nSPS) is 22.1. The minimum absolute atomic E-state index is 0.0229. The first-order valence-corrected chi connectivity index (χ1v) is 48.8. The van der Waals surface area contributed by atoms with Crippen molar-refractivity contribution in [1.82, 2.24) is 0 Å². The van der Waals surface area contributed by atoms with Crippen LogP contribution in [0.25, 0.3) is 0 Å². The van der Waals surface area contributed by atoms with Gasteiger partial charge in [0.05, 0.1) is 24.4 Å². The lowest BCUT2D eigenvalue weighted by atomic mass is 9.69. The van der Waals surface area contributed by atoms with Crippen molar-refractivity contribution in [3.05, 3.63) is 144 Å². The molecule has 4 aliphatic rings. The molecule has 4 aliphatic carbocycles. The second kappa shape index (κ2) is 33.8. The van der Waals surface area contributed by atoms with Gasteiger partial charge < -0.3 is 17.7 Å². The Hall–Kier alpha value is -3.73. The summed E-state index contributed by atoms with van der Waals surface area (Å²) in [7, 11) is -7.94. The van der Waals surface area contributed by atoms with Crippen molar-refractivity contribution in [2.75, 3.05) is 0 Å². The summed E-state index contributed by atoms with van der Waals surface area (Å²) in [5.41, 5.74) is 5.05. The van der Waals surface area contributed by atoms with Gasteiger partial charge in [-0.05, 0) is 169 Å². The van der Waals surface area contributed by atoms with Crippen LogP contribution in [0.4, 0.5) is 0 Å². The van der Waals surface area contributed by atoms with Gasteiger partial charge in [0.25, 0.3) is 0 Å². The van der Waals surface area contributed by atoms with E-state index in [1.807, 2.05) is 36.4 Å². The zero-order chi connectivity index (χ0) is 72.3. The van der Waals surface area contributed by atoms with Gasteiger partial charge in [0.15, 0.2) is 33.3 Å². The summed E-state index contributed by atoms with van der Waals surface area (Å²) in [6, 6.07) is 41.5. The topological polar surface area (TPSA) is 105 Å². The Kier molecular flexibility index (Phi) is 29.2. The number of hydrogen-bond acceptors (Lipinski definition) is 8. The van der Waals surface area contributed by atoms with E-state index in [-0.39, 0.29) is 79.1 Å². The molecule has 0 saturated heterocycles. The van der Waals surface area contributed by atoms with Gasteiger partial charge >= 0.3 is 0 Å². The fourth-order valence-corrected chi connectivity index (χ4v) is 21.4. The van der Waals surface area contributed by atoms with E-state index in [1.165, 1.54) is 0 Å². The van der Waals surface area contributed by atoms with Crippen LogP contribution in [0.1, 0.15) is 261 Å². The van der Waals surface area contributed by atoms with Gasteiger partial charge in [0, 0.05) is 49.4 Å². The third kappa shape index (κ3) is 22.1. The lowest BCUT2D eigenvalue weighted by Crippen LogP contribution is -2.48. The molecule has 0 spiro atoms. The van der Waals surface area contributed by atoms with Crippen LogP contribution in [0, 0.1) is 46.3 Å². The molecule has 0 amide bonds. The van der Waals surface area contributed by atoms with Crippen LogP contribution < -0.4 is 0 Å². The molecule has 4 fully saturated rings. The molecule has 0 aliphatic heterocycles. The average Bonchev–Trinajstić information content (AvgIpc) is 0.797. The molecule has 8 nitrogen and oxygen atoms in total. The van der Waals surface area contributed by atoms with Gasteiger partial charge in [0.1, 0.15) is 23.1 Å². The molecule has 0 bridgehead atoms. The Labute approximate surface area is 591 Å². The summed E-state index contributed by atoms with van der Waals surface area (Å²) < 4.78 is 27.4. The van der Waals surface area contributed by atoms with Gasteiger partial charge in [-0.1, -0.05) is 259 Å². The largest absolute Gasteiger partial charge is 0.409 e. The number of carbonyl (C=O) groups is 4. The smallest absolute Gasteiger partial charge is 0.193 e. The summed E-state index contributed by atoms with van der Waals surface area (Å²) in [6.45, 7) is 59.5. The van der Waals surface area contributed by atoms with E-state index >= 15 is 0 Å². The van der Waals surface area contributed by atoms with Gasteiger partial charge in [-0.25, -0.2) is 0 Å². The molecule has 8 unspecified atom stereocenters. The Bertz CT molecular complexity index is 3060. The molecular formula is C84H136O8Si4. The Morgan fingerprint density at radius 3 is 0.802 bits per heavy atom. The zero-order valence-electron chi connectivity index (χ0n) is 65.5. The summed E-state index contributed by atoms with van der Waals surface area (Å²) in [5.74, 6) is 2.63. The Balaban J connectivity index is 0.000000232. The number of carbonyl (C=O) groups excluding carboxylic acids is 4. The fraction of sp³-hybridized carbons (Fsp3) is 0.667. The maximum atomic E-state index is 12.9. The first kappa shape index (κ1) is 82.9. The molecular weight excluding hydrogens is 1250 g/mol. The highest BCUT2D eigenvalue weighted by Gasteiger charge is 2.51. The number of hydrogen-bond donors (Lipinski definition) is 0. The molecule has 12 heteroatoms. The molecule has 96 heavy (non-hydrogen) atoms. The van der Waals surface area contributed by atoms with E-state index in [0.29, 0.717) is 54.2 Å². The van der Waals surface area contributed by atoms with Crippen LogP contribution in [-0.4, -0.2) is 56.4 Å². The highest BCUT2D eigenvalue weighted by Crippen LogP contribution is 2.53. The van der Waals surface area contributed by atoms with Crippen LogP contribution in [0.15, 0.2) is 121 Å². The third-order valence-corrected chi connectivity index (χ3v) is 42.9. The van der Waals surface area contributed by atoms with E-state index in [0.717, 1.165) is 92.9 Å². The number of rotatable bonds is 20. The van der Waals surface area contributed by atoms with E-state index in [2.05, 4.69) is 262 Å². The molecule has 4 saturated carbocycles. The summed E-state index contributed by atoms with van der Waals surface area (Å²) in [6.07, 6.45) is 12.5. The van der Waals surface area contributed by atoms with Crippen molar-refractivity contribution in [2.24, 2.45) is 46.3 Å². The molecule has 0 radical (unpaired) electrons. The maximum absolute atomic E-state index is 12.9. The molecule has 0 heterocycles. The van der Waals surface area contributed by atoms with Crippen molar-refractivity contribution < 1.29 is 36.9 Å². The Morgan fingerprint density at radius 2 is 0.573 bits per heavy atom. The van der Waals surface area contributed by atoms with Crippen LogP contribution in [0.5, 0.6) is 0 Å².